The van der Waals surface area contributed by atoms with Crippen molar-refractivity contribution in [3.63, 3.8) is 0 Å². The summed E-state index contributed by atoms with van der Waals surface area (Å²) < 4.78 is 64.0. The van der Waals surface area contributed by atoms with E-state index in [1.54, 1.807) is 4.90 Å². The molecule has 300 valence electrons. The number of benzene rings is 2. The number of fused-ring (bicyclic) bond motifs is 5. The van der Waals surface area contributed by atoms with E-state index in [9.17, 15) is 23.5 Å². The summed E-state index contributed by atoms with van der Waals surface area (Å²) in [5.41, 5.74) is -1.21. The topological polar surface area (TPSA) is 130 Å². The van der Waals surface area contributed by atoms with Crippen molar-refractivity contribution in [2.45, 2.75) is 96.3 Å². The number of hydrogen-bond acceptors (Lipinski definition) is 11. The second-order valence-electron chi connectivity index (χ2n) is 16.9. The third kappa shape index (κ3) is 7.24. The largest absolute Gasteiger partial charge is 0.508 e. The minimum atomic E-state index is -1.09. The monoisotopic (exact) mass is 786 g/mol. The smallest absolute Gasteiger partial charge is 0.413 e. The van der Waals surface area contributed by atoms with Crippen LogP contribution in [0.25, 0.3) is 32.9 Å². The fourth-order valence-corrected chi connectivity index (χ4v) is 9.18. The van der Waals surface area contributed by atoms with Crippen LogP contribution in [0, 0.1) is 29.4 Å². The van der Waals surface area contributed by atoms with Gasteiger partial charge in [-0.25, -0.2) is 18.0 Å². The molecule has 0 radical (unpaired) electrons. The second-order valence-corrected chi connectivity index (χ2v) is 16.9. The Bertz CT molecular complexity index is 2300. The van der Waals surface area contributed by atoms with Crippen LogP contribution in [0.2, 0.25) is 0 Å². The number of halogens is 3. The van der Waals surface area contributed by atoms with Crippen molar-refractivity contribution in [3.8, 4) is 35.4 Å². The molecule has 4 aliphatic heterocycles. The van der Waals surface area contributed by atoms with Gasteiger partial charge in [0.25, 0.3) is 0 Å². The first-order valence-electron chi connectivity index (χ1n) is 19.4. The number of esters is 1. The molecule has 2 bridgehead atoms. The minimum absolute atomic E-state index is 0.0726. The number of nitrogens with zero attached hydrogens (tertiary/aromatic N) is 6. The summed E-state index contributed by atoms with van der Waals surface area (Å²) >= 11 is 0. The molecule has 0 spiro atoms. The lowest BCUT2D eigenvalue weighted by molar-refractivity contribution is -0.168. The molecule has 5 atom stereocenters. The van der Waals surface area contributed by atoms with Gasteiger partial charge in [-0.3, -0.25) is 19.6 Å². The molecule has 15 heteroatoms. The number of aromatic hydroxyl groups is 1. The Kier molecular flexibility index (Phi) is 9.82. The molecular weight excluding hydrogens is 741 g/mol. The number of amides is 1. The maximum absolute atomic E-state index is 17.1. The summed E-state index contributed by atoms with van der Waals surface area (Å²) in [4.78, 5) is 45.4. The molecule has 0 aliphatic carbocycles. The van der Waals surface area contributed by atoms with Gasteiger partial charge in [-0.05, 0) is 61.2 Å². The van der Waals surface area contributed by atoms with Crippen molar-refractivity contribution in [2.75, 3.05) is 37.7 Å². The van der Waals surface area contributed by atoms with Crippen molar-refractivity contribution in [1.29, 1.82) is 0 Å². The van der Waals surface area contributed by atoms with E-state index in [4.69, 9.17) is 25.6 Å². The number of piperazine rings is 1. The molecule has 4 saturated heterocycles. The Morgan fingerprint density at radius 2 is 1.86 bits per heavy atom. The maximum atomic E-state index is 17.1. The van der Waals surface area contributed by atoms with Gasteiger partial charge >= 0.3 is 18.1 Å². The van der Waals surface area contributed by atoms with Crippen LogP contribution in [0.3, 0.4) is 0 Å². The number of pyridine rings is 1. The van der Waals surface area contributed by atoms with Crippen LogP contribution in [0.15, 0.2) is 30.5 Å². The normalized spacial score (nSPS) is 23.8. The summed E-state index contributed by atoms with van der Waals surface area (Å²) in [7, 11) is 0. The van der Waals surface area contributed by atoms with Gasteiger partial charge in [-0.1, -0.05) is 32.8 Å². The Morgan fingerprint density at radius 3 is 2.58 bits per heavy atom. The van der Waals surface area contributed by atoms with Gasteiger partial charge in [-0.2, -0.15) is 9.97 Å². The van der Waals surface area contributed by atoms with Gasteiger partial charge in [0.15, 0.2) is 5.82 Å². The van der Waals surface area contributed by atoms with Crippen LogP contribution < -0.4 is 9.64 Å². The van der Waals surface area contributed by atoms with Crippen molar-refractivity contribution < 1.29 is 42.1 Å². The zero-order chi connectivity index (χ0) is 40.4. The van der Waals surface area contributed by atoms with Crippen LogP contribution in [-0.4, -0.2) is 105 Å². The van der Waals surface area contributed by atoms with E-state index in [-0.39, 0.29) is 75.4 Å². The van der Waals surface area contributed by atoms with Crippen molar-refractivity contribution >= 4 is 39.6 Å². The SMILES string of the molecule is C#Cc1c(F)ccc2cc(O)cc(-c3ncc4c(N5CC6CCC(C5)N6C(=O)OC(C)OC(=O)CC(C)(C)C)nc(OC[C@@]56CCCN5C[C@H](F)C6)nc4c3F)c12. The number of aromatic nitrogens is 3. The number of phenols is 1. The fraction of sp³-hybridized carbons (Fsp3) is 0.500. The summed E-state index contributed by atoms with van der Waals surface area (Å²) in [5.74, 6) is 0.459. The first-order valence-corrected chi connectivity index (χ1v) is 19.4. The lowest BCUT2D eigenvalue weighted by Crippen LogP contribution is -2.56. The molecule has 12 nitrogen and oxygen atoms in total. The third-order valence-corrected chi connectivity index (χ3v) is 11.6. The number of rotatable bonds is 8. The highest BCUT2D eigenvalue weighted by molar-refractivity contribution is 6.03. The fourth-order valence-electron chi connectivity index (χ4n) is 9.18. The van der Waals surface area contributed by atoms with Crippen molar-refractivity contribution in [1.82, 2.24) is 24.8 Å². The molecule has 3 unspecified atom stereocenters. The average molecular weight is 787 g/mol. The maximum Gasteiger partial charge on any atom is 0.413 e. The van der Waals surface area contributed by atoms with E-state index in [0.29, 0.717) is 50.1 Å². The van der Waals surface area contributed by atoms with E-state index in [1.165, 1.54) is 37.4 Å². The molecular formula is C42H45F3N6O6. The summed E-state index contributed by atoms with van der Waals surface area (Å²) in [5, 5.41) is 11.5. The molecule has 1 N–H and O–H groups in total. The summed E-state index contributed by atoms with van der Waals surface area (Å²) in [6.07, 6.45) is 7.91. The lowest BCUT2D eigenvalue weighted by Gasteiger charge is -2.41. The van der Waals surface area contributed by atoms with E-state index in [2.05, 4.69) is 20.8 Å². The molecule has 4 aliphatic rings. The van der Waals surface area contributed by atoms with Crippen LogP contribution in [0.5, 0.6) is 11.8 Å². The van der Waals surface area contributed by atoms with Crippen LogP contribution >= 0.6 is 0 Å². The molecule has 0 saturated carbocycles. The Labute approximate surface area is 328 Å². The number of terminal acetylenes is 1. The molecule has 4 aromatic rings. The Balaban J connectivity index is 1.14. The second kappa shape index (κ2) is 14.5. The first kappa shape index (κ1) is 38.5. The van der Waals surface area contributed by atoms with Crippen molar-refractivity contribution in [2.24, 2.45) is 5.41 Å². The highest BCUT2D eigenvalue weighted by Gasteiger charge is 2.50. The number of carbonyl (C=O) groups excluding carboxylic acids is 2. The first-order chi connectivity index (χ1) is 27.1. The zero-order valence-corrected chi connectivity index (χ0v) is 32.4. The molecule has 2 aromatic heterocycles. The Morgan fingerprint density at radius 1 is 1.11 bits per heavy atom. The van der Waals surface area contributed by atoms with Crippen LogP contribution in [0.4, 0.5) is 23.8 Å². The van der Waals surface area contributed by atoms with Gasteiger partial charge in [0.1, 0.15) is 41.4 Å². The number of phenolic OH excluding ortho intramolecular Hbond substituents is 1. The van der Waals surface area contributed by atoms with Gasteiger partial charge < -0.3 is 24.2 Å². The molecule has 8 rings (SSSR count). The predicted octanol–water partition coefficient (Wildman–Crippen LogP) is 6.88. The van der Waals surface area contributed by atoms with E-state index >= 15 is 4.39 Å². The molecule has 1 amide bonds. The van der Waals surface area contributed by atoms with Gasteiger partial charge in [0, 0.05) is 50.1 Å². The number of ether oxygens (including phenoxy) is 3. The van der Waals surface area contributed by atoms with E-state index in [0.717, 1.165) is 19.4 Å². The van der Waals surface area contributed by atoms with E-state index < -0.39 is 41.7 Å². The van der Waals surface area contributed by atoms with Crippen LogP contribution in [0.1, 0.15) is 71.8 Å². The molecule has 57 heavy (non-hydrogen) atoms. The van der Waals surface area contributed by atoms with Gasteiger partial charge in [0.2, 0.25) is 6.29 Å². The quantitative estimate of drug-likeness (QED) is 0.114. The lowest BCUT2D eigenvalue weighted by atomic mass is 9.92. The molecule has 6 heterocycles. The highest BCUT2D eigenvalue weighted by atomic mass is 19.1. The molecule has 4 fully saturated rings. The van der Waals surface area contributed by atoms with Gasteiger partial charge in [0.05, 0.1) is 35.0 Å². The standard InChI is InChI=1S/C42H45F3N6O6/c1-6-29-32(44)11-8-24-14-28(52)15-30(34(24)29)36-35(45)37-31(18-46-36)38(48-39(47-37)55-22-42-12-7-13-50(42)19-25(43)16-42)49-20-26-9-10-27(21-49)51(26)40(54)57-23(2)56-33(53)17-41(3,4)5/h1,8,11,14-15,18,23,25-27,52H,7,9-10,12-13,16-17,19-22H2,2-5H3/t23?,25-,26?,27?,42+/m1/s1. The zero-order valence-electron chi connectivity index (χ0n) is 32.4. The minimum Gasteiger partial charge on any atom is -0.508 e. The third-order valence-electron chi connectivity index (χ3n) is 11.6. The number of hydrogen-bond donors (Lipinski definition) is 1. The number of anilines is 1. The van der Waals surface area contributed by atoms with E-state index in [1.807, 2.05) is 25.7 Å². The summed E-state index contributed by atoms with van der Waals surface area (Å²) in [6.45, 7) is 9.03. The van der Waals surface area contributed by atoms with Gasteiger partial charge in [-0.15, -0.1) is 6.42 Å². The predicted molar refractivity (Wildman–Crippen MR) is 205 cm³/mol. The van der Waals surface area contributed by atoms with Crippen LogP contribution in [-0.2, 0) is 14.3 Å². The average Bonchev–Trinajstić information content (AvgIpc) is 3.76. The number of carbonyl (C=O) groups is 2. The highest BCUT2D eigenvalue weighted by Crippen LogP contribution is 2.43. The Hall–Kier alpha value is -5.36. The molecule has 2 aromatic carbocycles. The van der Waals surface area contributed by atoms with Crippen molar-refractivity contribution in [3.05, 3.63) is 47.7 Å². The number of alkyl halides is 1. The summed E-state index contributed by atoms with van der Waals surface area (Å²) in [6, 6.07) is 4.59.